The van der Waals surface area contributed by atoms with Gasteiger partial charge in [-0.2, -0.15) is 16.4 Å². The maximum atomic E-state index is 13.0. The van der Waals surface area contributed by atoms with Crippen LogP contribution in [0.15, 0.2) is 29.2 Å². The molecule has 0 aromatic carbocycles. The van der Waals surface area contributed by atoms with Gasteiger partial charge in [-0.15, -0.1) is 0 Å². The summed E-state index contributed by atoms with van der Waals surface area (Å²) in [6, 6.07) is 2.01. The van der Waals surface area contributed by atoms with Gasteiger partial charge >= 0.3 is 0 Å². The van der Waals surface area contributed by atoms with Crippen LogP contribution in [-0.4, -0.2) is 52.9 Å². The Labute approximate surface area is 145 Å². The van der Waals surface area contributed by atoms with Crippen LogP contribution in [-0.2, 0) is 23.1 Å². The summed E-state index contributed by atoms with van der Waals surface area (Å²) in [5, 5.41) is 8.28. The molecule has 2 fully saturated rings. The van der Waals surface area contributed by atoms with Crippen LogP contribution < -0.4 is 4.90 Å². The fraction of sp³-hybridized carbons (Fsp3) is 0.529. The number of carbonyl (C=O) groups is 1. The number of likely N-dealkylation sites (tertiary alicyclic amines) is 1. The lowest BCUT2D eigenvalue weighted by Crippen LogP contribution is -2.49. The molecule has 0 unspecified atom stereocenters. The molecule has 2 saturated heterocycles. The highest BCUT2D eigenvalue weighted by Crippen LogP contribution is 2.29. The van der Waals surface area contributed by atoms with E-state index in [9.17, 15) is 4.79 Å². The number of anilines is 1. The maximum Gasteiger partial charge on any atom is 0.232 e. The van der Waals surface area contributed by atoms with E-state index in [0.29, 0.717) is 13.2 Å². The van der Waals surface area contributed by atoms with E-state index in [1.807, 2.05) is 45.8 Å². The summed E-state index contributed by atoms with van der Waals surface area (Å²) < 4.78 is 7.88. The highest BCUT2D eigenvalue weighted by atomic mass is 32.1. The summed E-state index contributed by atoms with van der Waals surface area (Å²) in [7, 11) is 1.93. The van der Waals surface area contributed by atoms with E-state index in [4.69, 9.17) is 4.74 Å². The van der Waals surface area contributed by atoms with Crippen LogP contribution in [0.3, 0.4) is 0 Å². The first-order valence-electron chi connectivity index (χ1n) is 8.36. The summed E-state index contributed by atoms with van der Waals surface area (Å²) in [6.45, 7) is 3.84. The van der Waals surface area contributed by atoms with Crippen molar-refractivity contribution in [3.63, 3.8) is 0 Å². The molecule has 0 radical (unpaired) electrons. The van der Waals surface area contributed by atoms with E-state index < -0.39 is 0 Å². The standard InChI is InChI=1S/C17H22N4O2S/c1-19-9-13(8-18-19)10-20-4-2-15-16(11-20)23-6-5-21(17(15)22)14-3-7-24-12-14/h3,7-9,12,15-16H,2,4-6,10-11H2,1H3/t15-,16+/m1/s1. The summed E-state index contributed by atoms with van der Waals surface area (Å²) in [6.07, 6.45) is 4.80. The number of aryl methyl sites for hydroxylation is 1. The number of carbonyl (C=O) groups excluding carboxylic acids is 1. The minimum absolute atomic E-state index is 0.00782. The average Bonchev–Trinajstić information content (AvgIpc) is 3.20. The molecule has 0 spiro atoms. The number of aromatic nitrogens is 2. The minimum Gasteiger partial charge on any atom is -0.374 e. The normalized spacial score (nSPS) is 25.5. The molecule has 4 rings (SSSR count). The average molecular weight is 346 g/mol. The molecular formula is C17H22N4O2S. The zero-order chi connectivity index (χ0) is 16.5. The van der Waals surface area contributed by atoms with Gasteiger partial charge < -0.3 is 9.64 Å². The Morgan fingerprint density at radius 3 is 3.08 bits per heavy atom. The van der Waals surface area contributed by atoms with E-state index >= 15 is 0 Å². The molecule has 0 aliphatic carbocycles. The monoisotopic (exact) mass is 346 g/mol. The lowest BCUT2D eigenvalue weighted by molar-refractivity contribution is -0.128. The Hall–Kier alpha value is -1.70. The van der Waals surface area contributed by atoms with Gasteiger partial charge in [0.15, 0.2) is 0 Å². The van der Waals surface area contributed by atoms with Crippen LogP contribution >= 0.6 is 11.3 Å². The summed E-state index contributed by atoms with van der Waals surface area (Å²) >= 11 is 1.62. The summed E-state index contributed by atoms with van der Waals surface area (Å²) in [5.74, 6) is 0.189. The topological polar surface area (TPSA) is 50.6 Å². The summed E-state index contributed by atoms with van der Waals surface area (Å²) in [5.41, 5.74) is 2.21. The Kier molecular flexibility index (Phi) is 4.39. The summed E-state index contributed by atoms with van der Waals surface area (Å²) in [4.78, 5) is 17.2. The number of nitrogens with zero attached hydrogens (tertiary/aromatic N) is 4. The number of rotatable bonds is 3. The van der Waals surface area contributed by atoms with Gasteiger partial charge in [0, 0.05) is 43.8 Å². The van der Waals surface area contributed by atoms with Crippen LogP contribution in [0.4, 0.5) is 5.69 Å². The highest BCUT2D eigenvalue weighted by molar-refractivity contribution is 7.08. The quantitative estimate of drug-likeness (QED) is 0.849. The number of thiophene rings is 1. The van der Waals surface area contributed by atoms with E-state index in [1.54, 1.807) is 11.3 Å². The Balaban J connectivity index is 1.44. The minimum atomic E-state index is -0.0300. The van der Waals surface area contributed by atoms with Gasteiger partial charge in [0.25, 0.3) is 0 Å². The number of fused-ring (bicyclic) bond motifs is 1. The van der Waals surface area contributed by atoms with Crippen molar-refractivity contribution in [2.75, 3.05) is 31.1 Å². The third kappa shape index (κ3) is 3.11. The molecule has 1 amide bonds. The Morgan fingerprint density at radius 1 is 1.42 bits per heavy atom. The van der Waals surface area contributed by atoms with Gasteiger partial charge in [0.1, 0.15) is 0 Å². The molecule has 128 valence electrons. The van der Waals surface area contributed by atoms with Gasteiger partial charge in [-0.05, 0) is 24.4 Å². The highest BCUT2D eigenvalue weighted by Gasteiger charge is 2.39. The van der Waals surface area contributed by atoms with Crippen molar-refractivity contribution in [2.24, 2.45) is 13.0 Å². The molecule has 6 nitrogen and oxygen atoms in total. The van der Waals surface area contributed by atoms with Gasteiger partial charge in [-0.25, -0.2) is 0 Å². The molecule has 0 N–H and O–H groups in total. The largest absolute Gasteiger partial charge is 0.374 e. The first-order chi connectivity index (χ1) is 11.7. The van der Waals surface area contributed by atoms with Crippen LogP contribution in [0.5, 0.6) is 0 Å². The second-order valence-corrected chi connectivity index (χ2v) is 7.31. The molecule has 2 atom stereocenters. The molecule has 2 aromatic heterocycles. The molecule has 7 heteroatoms. The molecule has 0 saturated carbocycles. The van der Waals surface area contributed by atoms with E-state index in [1.165, 1.54) is 5.56 Å². The molecule has 2 aliphatic heterocycles. The predicted octanol–water partition coefficient (Wildman–Crippen LogP) is 1.74. The van der Waals surface area contributed by atoms with E-state index in [2.05, 4.69) is 10.00 Å². The molecule has 2 aliphatic rings. The molecule has 4 heterocycles. The lowest BCUT2D eigenvalue weighted by Gasteiger charge is -2.36. The van der Waals surface area contributed by atoms with Crippen molar-refractivity contribution in [3.8, 4) is 0 Å². The number of hydrogen-bond acceptors (Lipinski definition) is 5. The van der Waals surface area contributed by atoms with Crippen molar-refractivity contribution in [2.45, 2.75) is 19.1 Å². The van der Waals surface area contributed by atoms with Gasteiger partial charge in [0.2, 0.25) is 5.91 Å². The zero-order valence-corrected chi connectivity index (χ0v) is 14.6. The van der Waals surface area contributed by atoms with Crippen LogP contribution in [0.1, 0.15) is 12.0 Å². The van der Waals surface area contributed by atoms with E-state index in [0.717, 1.165) is 31.7 Å². The third-order valence-corrected chi connectivity index (χ3v) is 5.53. The second-order valence-electron chi connectivity index (χ2n) is 6.53. The van der Waals surface area contributed by atoms with Gasteiger partial charge in [-0.1, -0.05) is 0 Å². The van der Waals surface area contributed by atoms with Crippen molar-refractivity contribution >= 4 is 22.9 Å². The Morgan fingerprint density at radius 2 is 2.33 bits per heavy atom. The number of amides is 1. The fourth-order valence-corrected chi connectivity index (χ4v) is 4.30. The van der Waals surface area contributed by atoms with Crippen LogP contribution in [0.2, 0.25) is 0 Å². The number of ether oxygens (including phenoxy) is 1. The van der Waals surface area contributed by atoms with Crippen molar-refractivity contribution in [3.05, 3.63) is 34.8 Å². The number of piperidine rings is 1. The predicted molar refractivity (Wildman–Crippen MR) is 93.0 cm³/mol. The smallest absolute Gasteiger partial charge is 0.232 e. The molecule has 2 aromatic rings. The lowest BCUT2D eigenvalue weighted by atomic mass is 9.92. The zero-order valence-electron chi connectivity index (χ0n) is 13.8. The first-order valence-corrected chi connectivity index (χ1v) is 9.30. The van der Waals surface area contributed by atoms with Crippen LogP contribution in [0, 0.1) is 5.92 Å². The van der Waals surface area contributed by atoms with E-state index in [-0.39, 0.29) is 17.9 Å². The second kappa shape index (κ2) is 6.66. The van der Waals surface area contributed by atoms with Crippen LogP contribution in [0.25, 0.3) is 0 Å². The molecule has 24 heavy (non-hydrogen) atoms. The molecule has 0 bridgehead atoms. The van der Waals surface area contributed by atoms with Gasteiger partial charge in [0.05, 0.1) is 30.5 Å². The third-order valence-electron chi connectivity index (χ3n) is 4.86. The Bertz CT molecular complexity index is 699. The SMILES string of the molecule is Cn1cc(CN2CC[C@H]3C(=O)N(c4ccsc4)CCO[C@H]3C2)cn1. The number of hydrogen-bond donors (Lipinski definition) is 0. The maximum absolute atomic E-state index is 13.0. The molecular weight excluding hydrogens is 324 g/mol. The fourth-order valence-electron chi connectivity index (χ4n) is 3.66. The van der Waals surface area contributed by atoms with Gasteiger partial charge in [-0.3, -0.25) is 14.4 Å². The first kappa shape index (κ1) is 15.8. The van der Waals surface area contributed by atoms with Crippen molar-refractivity contribution < 1.29 is 9.53 Å². The van der Waals surface area contributed by atoms with Crippen molar-refractivity contribution in [1.82, 2.24) is 14.7 Å². The van der Waals surface area contributed by atoms with Crippen molar-refractivity contribution in [1.29, 1.82) is 0 Å².